The molecule has 0 aliphatic carbocycles. The summed E-state index contributed by atoms with van der Waals surface area (Å²) in [5.74, 6) is -0.514. The molecular formula is C22H26N2O6. The van der Waals surface area contributed by atoms with Crippen molar-refractivity contribution in [2.24, 2.45) is 0 Å². The van der Waals surface area contributed by atoms with E-state index in [1.54, 1.807) is 20.8 Å². The molecule has 0 fully saturated rings. The molecule has 1 amide bonds. The van der Waals surface area contributed by atoms with Crippen LogP contribution in [-0.4, -0.2) is 34.6 Å². The van der Waals surface area contributed by atoms with Crippen LogP contribution in [0.2, 0.25) is 0 Å². The maximum Gasteiger partial charge on any atom is 0.411 e. The van der Waals surface area contributed by atoms with Gasteiger partial charge in [-0.15, -0.1) is 0 Å². The quantitative estimate of drug-likeness (QED) is 0.372. The van der Waals surface area contributed by atoms with Crippen LogP contribution >= 0.6 is 0 Å². The molecular weight excluding hydrogens is 388 g/mol. The third kappa shape index (κ3) is 6.58. The molecule has 0 saturated heterocycles. The Hall–Kier alpha value is -3.42. The van der Waals surface area contributed by atoms with E-state index in [1.165, 1.54) is 36.3 Å². The Labute approximate surface area is 175 Å². The first kappa shape index (κ1) is 22.9. The average molecular weight is 414 g/mol. The first-order chi connectivity index (χ1) is 14.1. The highest BCUT2D eigenvalue weighted by atomic mass is 16.6. The molecule has 0 radical (unpaired) electrons. The van der Waals surface area contributed by atoms with Crippen molar-refractivity contribution < 1.29 is 24.0 Å². The van der Waals surface area contributed by atoms with Crippen LogP contribution in [0.3, 0.4) is 0 Å². The summed E-state index contributed by atoms with van der Waals surface area (Å²) in [5.41, 5.74) is 0.590. The number of hydrogen-bond acceptors (Lipinski definition) is 6. The lowest BCUT2D eigenvalue weighted by atomic mass is 10.0. The summed E-state index contributed by atoms with van der Waals surface area (Å²) < 4.78 is 10.4. The topological polar surface area (TPSA) is 99.0 Å². The molecule has 0 N–H and O–H groups in total. The highest BCUT2D eigenvalue weighted by Crippen LogP contribution is 2.30. The van der Waals surface area contributed by atoms with Gasteiger partial charge >= 0.3 is 12.1 Å². The molecule has 160 valence electrons. The van der Waals surface area contributed by atoms with Crippen LogP contribution in [0.15, 0.2) is 54.6 Å². The van der Waals surface area contributed by atoms with Crippen LogP contribution < -0.4 is 0 Å². The molecule has 1 atom stereocenters. The Morgan fingerprint density at radius 1 is 1.07 bits per heavy atom. The van der Waals surface area contributed by atoms with Crippen molar-refractivity contribution in [1.82, 2.24) is 4.90 Å². The molecule has 2 aromatic rings. The third-order valence-corrected chi connectivity index (χ3v) is 4.28. The van der Waals surface area contributed by atoms with Gasteiger partial charge in [-0.3, -0.25) is 19.8 Å². The number of ether oxygens (including phenoxy) is 2. The zero-order valence-corrected chi connectivity index (χ0v) is 17.5. The molecule has 0 aliphatic heterocycles. The van der Waals surface area contributed by atoms with E-state index in [1.807, 2.05) is 30.3 Å². The molecule has 2 rings (SSSR count). The van der Waals surface area contributed by atoms with Crippen molar-refractivity contribution in [2.45, 2.75) is 45.4 Å². The van der Waals surface area contributed by atoms with E-state index in [2.05, 4.69) is 0 Å². The Kier molecular flexibility index (Phi) is 7.52. The second kappa shape index (κ2) is 9.87. The predicted molar refractivity (Wildman–Crippen MR) is 111 cm³/mol. The van der Waals surface area contributed by atoms with E-state index in [4.69, 9.17) is 9.47 Å². The van der Waals surface area contributed by atoms with Crippen LogP contribution in [-0.2, 0) is 20.8 Å². The standard InChI is InChI=1S/C22H26N2O6/c1-22(2,3)30-21(26)23(15-16-8-6-5-7-9-16)19(14-20(25)29-4)17-10-12-18(13-11-17)24(27)28/h5-13,19H,14-15H2,1-4H3. The first-order valence-corrected chi connectivity index (χ1v) is 9.45. The Bertz CT molecular complexity index is 875. The highest BCUT2D eigenvalue weighted by Gasteiger charge is 2.31. The smallest absolute Gasteiger partial charge is 0.411 e. The van der Waals surface area contributed by atoms with Gasteiger partial charge in [-0.2, -0.15) is 0 Å². The van der Waals surface area contributed by atoms with Crippen LogP contribution in [0.25, 0.3) is 0 Å². The van der Waals surface area contributed by atoms with E-state index in [0.717, 1.165) is 5.56 Å². The van der Waals surface area contributed by atoms with Crippen molar-refractivity contribution in [2.75, 3.05) is 7.11 Å². The van der Waals surface area contributed by atoms with Gasteiger partial charge in [0, 0.05) is 18.7 Å². The largest absolute Gasteiger partial charge is 0.469 e. The lowest BCUT2D eigenvalue weighted by molar-refractivity contribution is -0.384. The van der Waals surface area contributed by atoms with E-state index < -0.39 is 28.6 Å². The van der Waals surface area contributed by atoms with Crippen molar-refractivity contribution >= 4 is 17.7 Å². The fourth-order valence-electron chi connectivity index (χ4n) is 2.87. The van der Waals surface area contributed by atoms with Crippen molar-refractivity contribution in [3.8, 4) is 0 Å². The van der Waals surface area contributed by atoms with Crippen LogP contribution in [0.5, 0.6) is 0 Å². The fraction of sp³-hybridized carbons (Fsp3) is 0.364. The minimum atomic E-state index is -0.739. The number of esters is 1. The van der Waals surface area contributed by atoms with E-state index in [0.29, 0.717) is 5.56 Å². The molecule has 8 heteroatoms. The molecule has 0 aliphatic rings. The Morgan fingerprint density at radius 3 is 2.17 bits per heavy atom. The number of carbonyl (C=O) groups excluding carboxylic acids is 2. The molecule has 2 aromatic carbocycles. The number of methoxy groups -OCH3 is 1. The first-order valence-electron chi connectivity index (χ1n) is 9.45. The lowest BCUT2D eigenvalue weighted by Crippen LogP contribution is -2.39. The van der Waals surface area contributed by atoms with Gasteiger partial charge in [-0.1, -0.05) is 42.5 Å². The van der Waals surface area contributed by atoms with E-state index in [-0.39, 0.29) is 18.7 Å². The average Bonchev–Trinajstić information content (AvgIpc) is 2.70. The third-order valence-electron chi connectivity index (χ3n) is 4.28. The summed E-state index contributed by atoms with van der Waals surface area (Å²) in [7, 11) is 1.27. The number of nitrogens with zero attached hydrogens (tertiary/aromatic N) is 2. The second-order valence-corrected chi connectivity index (χ2v) is 7.74. The number of amides is 1. The zero-order chi connectivity index (χ0) is 22.3. The number of nitro benzene ring substituents is 1. The number of non-ortho nitro benzene ring substituents is 1. The minimum absolute atomic E-state index is 0.0811. The molecule has 8 nitrogen and oxygen atoms in total. The van der Waals surface area contributed by atoms with Crippen molar-refractivity contribution in [3.05, 3.63) is 75.8 Å². The Balaban J connectivity index is 2.47. The molecule has 0 heterocycles. The molecule has 0 spiro atoms. The summed E-state index contributed by atoms with van der Waals surface area (Å²) >= 11 is 0. The zero-order valence-electron chi connectivity index (χ0n) is 17.5. The van der Waals surface area contributed by atoms with Gasteiger partial charge in [0.1, 0.15) is 5.60 Å². The Morgan fingerprint density at radius 2 is 1.67 bits per heavy atom. The van der Waals surface area contributed by atoms with E-state index in [9.17, 15) is 19.7 Å². The van der Waals surface area contributed by atoms with E-state index >= 15 is 0 Å². The number of carbonyl (C=O) groups is 2. The van der Waals surface area contributed by atoms with Gasteiger partial charge in [-0.25, -0.2) is 4.79 Å². The molecule has 0 aromatic heterocycles. The fourth-order valence-corrected chi connectivity index (χ4v) is 2.87. The molecule has 0 bridgehead atoms. The maximum atomic E-state index is 13.1. The number of hydrogen-bond donors (Lipinski definition) is 0. The van der Waals surface area contributed by atoms with Crippen LogP contribution in [0.1, 0.15) is 44.4 Å². The predicted octanol–water partition coefficient (Wildman–Crippen LogP) is 4.64. The highest BCUT2D eigenvalue weighted by molar-refractivity contribution is 5.73. The molecule has 30 heavy (non-hydrogen) atoms. The molecule has 1 unspecified atom stereocenters. The lowest BCUT2D eigenvalue weighted by Gasteiger charge is -2.33. The van der Waals surface area contributed by atoms with Gasteiger partial charge in [0.25, 0.3) is 5.69 Å². The number of benzene rings is 2. The SMILES string of the molecule is COC(=O)CC(c1ccc([N+](=O)[O-])cc1)N(Cc1ccccc1)C(=O)OC(C)(C)C. The van der Waals surface area contributed by atoms with Crippen LogP contribution in [0, 0.1) is 10.1 Å². The van der Waals surface area contributed by atoms with Gasteiger partial charge in [0.15, 0.2) is 0 Å². The van der Waals surface area contributed by atoms with Gasteiger partial charge in [0.05, 0.1) is 24.5 Å². The maximum absolute atomic E-state index is 13.1. The summed E-state index contributed by atoms with van der Waals surface area (Å²) in [5, 5.41) is 11.0. The molecule has 0 saturated carbocycles. The number of nitro groups is 1. The van der Waals surface area contributed by atoms with Gasteiger partial charge in [0.2, 0.25) is 0 Å². The van der Waals surface area contributed by atoms with Crippen molar-refractivity contribution in [3.63, 3.8) is 0 Å². The normalized spacial score (nSPS) is 12.0. The summed E-state index contributed by atoms with van der Waals surface area (Å²) in [6.07, 6.45) is -0.723. The summed E-state index contributed by atoms with van der Waals surface area (Å²) in [6, 6.07) is 14.3. The second-order valence-electron chi connectivity index (χ2n) is 7.74. The number of rotatable bonds is 7. The van der Waals surface area contributed by atoms with Crippen molar-refractivity contribution in [1.29, 1.82) is 0 Å². The van der Waals surface area contributed by atoms with Crippen LogP contribution in [0.4, 0.5) is 10.5 Å². The summed E-state index contributed by atoms with van der Waals surface area (Å²) in [4.78, 5) is 37.1. The monoisotopic (exact) mass is 414 g/mol. The minimum Gasteiger partial charge on any atom is -0.469 e. The van der Waals surface area contributed by atoms with Gasteiger partial charge < -0.3 is 9.47 Å². The van der Waals surface area contributed by atoms with Gasteiger partial charge in [-0.05, 0) is 31.9 Å². The summed E-state index contributed by atoms with van der Waals surface area (Å²) in [6.45, 7) is 5.46.